The SMILES string of the molecule is O=C(Oc1ccc(C2(c3ccc(OC(=O)c4ccc5c(c4)C(=O)N(c4ccncc4)C5=O)cc3)c3ccccc3-c3ccccc32)cc1)c1ccc2c(c1)C(=O)N(c1ccncc1)C2=O. The Hall–Kier alpha value is -9.16. The summed E-state index contributed by atoms with van der Waals surface area (Å²) in [4.78, 5) is 90.1. The number of carbonyl (C=O) groups excluding carboxylic acids is 6. The summed E-state index contributed by atoms with van der Waals surface area (Å²) in [5.41, 5.74) is 6.57. The average molecular weight is 851 g/mol. The second kappa shape index (κ2) is 15.0. The van der Waals surface area contributed by atoms with Crippen molar-refractivity contribution in [3.05, 3.63) is 238 Å². The summed E-state index contributed by atoms with van der Waals surface area (Å²) in [5, 5.41) is 0. The van der Waals surface area contributed by atoms with Crippen molar-refractivity contribution in [1.29, 1.82) is 0 Å². The number of nitrogens with zero attached hydrogens (tertiary/aromatic N) is 4. The molecule has 0 saturated heterocycles. The molecule has 12 heteroatoms. The van der Waals surface area contributed by atoms with Crippen molar-refractivity contribution >= 4 is 46.9 Å². The van der Waals surface area contributed by atoms with Gasteiger partial charge in [0.05, 0.1) is 50.2 Å². The highest BCUT2D eigenvalue weighted by Crippen LogP contribution is 2.56. The first kappa shape index (κ1) is 38.7. The average Bonchev–Trinajstić information content (AvgIpc) is 3.90. The molecule has 4 amide bonds. The maximum Gasteiger partial charge on any atom is 0.343 e. The summed E-state index contributed by atoms with van der Waals surface area (Å²) in [7, 11) is 0. The summed E-state index contributed by atoms with van der Waals surface area (Å²) >= 11 is 0. The number of hydrogen-bond acceptors (Lipinski definition) is 10. The normalized spacial score (nSPS) is 14.2. The fraction of sp³-hybridized carbons (Fsp3) is 0.0189. The van der Waals surface area contributed by atoms with Crippen molar-refractivity contribution in [2.24, 2.45) is 0 Å². The molecule has 65 heavy (non-hydrogen) atoms. The van der Waals surface area contributed by atoms with E-state index in [0.717, 1.165) is 43.2 Å². The van der Waals surface area contributed by atoms with Crippen LogP contribution in [-0.4, -0.2) is 45.5 Å². The lowest BCUT2D eigenvalue weighted by molar-refractivity contribution is 0.0725. The number of esters is 2. The van der Waals surface area contributed by atoms with Crippen LogP contribution < -0.4 is 19.3 Å². The van der Waals surface area contributed by atoms with Gasteiger partial charge in [-0.25, -0.2) is 19.4 Å². The van der Waals surface area contributed by atoms with Crippen LogP contribution in [0.3, 0.4) is 0 Å². The molecule has 4 heterocycles. The first-order valence-corrected chi connectivity index (χ1v) is 20.4. The highest BCUT2D eigenvalue weighted by Gasteiger charge is 2.46. The number of amides is 4. The Morgan fingerprint density at radius 3 is 1.17 bits per heavy atom. The molecular formula is C53H30N4O8. The number of rotatable bonds is 8. The number of benzene rings is 6. The molecule has 0 spiro atoms. The van der Waals surface area contributed by atoms with Crippen molar-refractivity contribution in [3.8, 4) is 22.6 Å². The second-order valence-corrected chi connectivity index (χ2v) is 15.5. The standard InChI is InChI=1S/C53H30N4O8/c58-47-41-19-9-31(29-43(41)49(60)56(47)35-21-25-54-26-22-35)51(62)64-37-15-11-33(12-16-37)53(45-7-3-1-5-39(45)40-6-2-4-8-46(40)53)34-13-17-38(18-14-34)65-52(63)32-10-20-42-44(30-32)50(61)57(48(42)59)36-23-27-55-28-24-36/h1-30H. The fourth-order valence-electron chi connectivity index (χ4n) is 9.09. The minimum Gasteiger partial charge on any atom is -0.423 e. The topological polar surface area (TPSA) is 153 Å². The van der Waals surface area contributed by atoms with E-state index in [2.05, 4.69) is 34.2 Å². The Labute approximate surface area is 370 Å². The summed E-state index contributed by atoms with van der Waals surface area (Å²) in [5.74, 6) is -2.96. The number of aromatic nitrogens is 2. The Kier molecular flexibility index (Phi) is 8.96. The predicted octanol–water partition coefficient (Wildman–Crippen LogP) is 8.88. The number of imide groups is 2. The van der Waals surface area contributed by atoms with Crippen molar-refractivity contribution in [3.63, 3.8) is 0 Å². The lowest BCUT2D eigenvalue weighted by Gasteiger charge is -2.34. The molecule has 11 rings (SSSR count). The molecule has 2 aliphatic heterocycles. The van der Waals surface area contributed by atoms with E-state index in [9.17, 15) is 28.8 Å². The van der Waals surface area contributed by atoms with Crippen LogP contribution >= 0.6 is 0 Å². The van der Waals surface area contributed by atoms with Gasteiger partial charge in [-0.2, -0.15) is 0 Å². The van der Waals surface area contributed by atoms with E-state index < -0.39 is 41.0 Å². The Bertz CT molecular complexity index is 3110. The van der Waals surface area contributed by atoms with Gasteiger partial charge in [-0.05, 0) is 118 Å². The van der Waals surface area contributed by atoms with Gasteiger partial charge in [0, 0.05) is 24.8 Å². The maximum atomic E-state index is 13.5. The molecule has 0 unspecified atom stereocenters. The van der Waals surface area contributed by atoms with Crippen LogP contribution in [0.25, 0.3) is 11.1 Å². The van der Waals surface area contributed by atoms with Crippen molar-refractivity contribution < 1.29 is 38.2 Å². The number of hydrogen-bond donors (Lipinski definition) is 0. The molecule has 2 aromatic heterocycles. The van der Waals surface area contributed by atoms with E-state index in [-0.39, 0.29) is 44.9 Å². The van der Waals surface area contributed by atoms with E-state index in [1.54, 1.807) is 48.5 Å². The molecule has 0 bridgehead atoms. The van der Waals surface area contributed by atoms with Gasteiger partial charge in [-0.15, -0.1) is 0 Å². The quantitative estimate of drug-likeness (QED) is 0.0823. The van der Waals surface area contributed by atoms with Crippen LogP contribution in [0.15, 0.2) is 183 Å². The molecule has 0 atom stereocenters. The third-order valence-electron chi connectivity index (χ3n) is 12.0. The van der Waals surface area contributed by atoms with Crippen molar-refractivity contribution in [2.45, 2.75) is 5.41 Å². The molecule has 8 aromatic rings. The molecule has 0 fully saturated rings. The zero-order chi connectivity index (χ0) is 44.4. The lowest BCUT2D eigenvalue weighted by Crippen LogP contribution is -2.29. The third kappa shape index (κ3) is 6.07. The summed E-state index contributed by atoms with van der Waals surface area (Å²) in [6, 6.07) is 45.6. The Morgan fingerprint density at radius 2 is 0.769 bits per heavy atom. The highest BCUT2D eigenvalue weighted by atomic mass is 16.5. The lowest BCUT2D eigenvalue weighted by atomic mass is 9.68. The first-order chi connectivity index (χ1) is 31.7. The van der Waals surface area contributed by atoms with Crippen LogP contribution in [0.1, 0.15) is 84.4 Å². The zero-order valence-electron chi connectivity index (χ0n) is 33.9. The number of ether oxygens (including phenoxy) is 2. The van der Waals surface area contributed by atoms with Crippen LogP contribution in [0.2, 0.25) is 0 Å². The van der Waals surface area contributed by atoms with Crippen LogP contribution in [0, 0.1) is 0 Å². The van der Waals surface area contributed by atoms with Gasteiger partial charge >= 0.3 is 11.9 Å². The van der Waals surface area contributed by atoms with E-state index in [4.69, 9.17) is 9.47 Å². The van der Waals surface area contributed by atoms with Crippen molar-refractivity contribution in [2.75, 3.05) is 9.80 Å². The first-order valence-electron chi connectivity index (χ1n) is 20.4. The minimum absolute atomic E-state index is 0.101. The van der Waals surface area contributed by atoms with Crippen LogP contribution in [0.4, 0.5) is 11.4 Å². The van der Waals surface area contributed by atoms with Gasteiger partial charge in [0.25, 0.3) is 23.6 Å². The monoisotopic (exact) mass is 850 g/mol. The maximum absolute atomic E-state index is 13.5. The van der Waals surface area contributed by atoms with Crippen LogP contribution in [-0.2, 0) is 5.41 Å². The number of pyridine rings is 2. The molecule has 0 saturated carbocycles. The largest absolute Gasteiger partial charge is 0.423 e. The van der Waals surface area contributed by atoms with Gasteiger partial charge in [0.2, 0.25) is 0 Å². The number of carbonyl (C=O) groups is 6. The molecule has 12 nitrogen and oxygen atoms in total. The molecule has 3 aliphatic rings. The second-order valence-electron chi connectivity index (χ2n) is 15.5. The van der Waals surface area contributed by atoms with Crippen LogP contribution in [0.5, 0.6) is 11.5 Å². The van der Waals surface area contributed by atoms with Gasteiger partial charge in [-0.3, -0.25) is 29.1 Å². The van der Waals surface area contributed by atoms with E-state index in [1.807, 2.05) is 48.5 Å². The number of anilines is 2. The number of fused-ring (bicyclic) bond motifs is 5. The van der Waals surface area contributed by atoms with E-state index in [0.29, 0.717) is 11.4 Å². The Morgan fingerprint density at radius 1 is 0.400 bits per heavy atom. The highest BCUT2D eigenvalue weighted by molar-refractivity contribution is 6.35. The molecular weight excluding hydrogens is 821 g/mol. The van der Waals surface area contributed by atoms with Gasteiger partial charge < -0.3 is 9.47 Å². The smallest absolute Gasteiger partial charge is 0.343 e. The van der Waals surface area contributed by atoms with Gasteiger partial charge in [0.1, 0.15) is 11.5 Å². The molecule has 0 N–H and O–H groups in total. The summed E-state index contributed by atoms with van der Waals surface area (Å²) in [6.45, 7) is 0. The third-order valence-corrected chi connectivity index (χ3v) is 12.0. The Balaban J connectivity index is 0.879. The summed E-state index contributed by atoms with van der Waals surface area (Å²) < 4.78 is 11.7. The van der Waals surface area contributed by atoms with Crippen molar-refractivity contribution in [1.82, 2.24) is 9.97 Å². The van der Waals surface area contributed by atoms with E-state index in [1.165, 1.54) is 61.2 Å². The molecule has 310 valence electrons. The minimum atomic E-state index is -0.848. The zero-order valence-corrected chi connectivity index (χ0v) is 33.9. The molecule has 6 aromatic carbocycles. The predicted molar refractivity (Wildman–Crippen MR) is 237 cm³/mol. The van der Waals surface area contributed by atoms with Gasteiger partial charge in [-0.1, -0.05) is 72.8 Å². The fourth-order valence-corrected chi connectivity index (χ4v) is 9.09. The van der Waals surface area contributed by atoms with E-state index >= 15 is 0 Å². The molecule has 0 radical (unpaired) electrons. The van der Waals surface area contributed by atoms with Gasteiger partial charge in [0.15, 0.2) is 0 Å². The molecule has 1 aliphatic carbocycles. The summed E-state index contributed by atoms with van der Waals surface area (Å²) in [6.07, 6.45) is 5.95.